The van der Waals surface area contributed by atoms with E-state index in [2.05, 4.69) is 12.1 Å². The minimum absolute atomic E-state index is 0.0271. The van der Waals surface area contributed by atoms with Crippen LogP contribution in [0.25, 0.3) is 22.2 Å². The van der Waals surface area contributed by atoms with Gasteiger partial charge in [-0.3, -0.25) is 0 Å². The highest BCUT2D eigenvalue weighted by atomic mass is 32.2. The molecule has 2 N–H and O–H groups in total. The van der Waals surface area contributed by atoms with E-state index in [1.165, 1.54) is 5.56 Å². The summed E-state index contributed by atoms with van der Waals surface area (Å²) < 4.78 is 29.1. The van der Waals surface area contributed by atoms with E-state index >= 15 is 0 Å². The van der Waals surface area contributed by atoms with Gasteiger partial charge in [0, 0.05) is 6.54 Å². The molecule has 2 heterocycles. The van der Waals surface area contributed by atoms with Crippen LogP contribution in [0.5, 0.6) is 0 Å². The Hall–Kier alpha value is -3.71. The topological polar surface area (TPSA) is 90.9 Å². The minimum Gasteiger partial charge on any atom is -0.384 e. The van der Waals surface area contributed by atoms with Crippen LogP contribution < -0.4 is 5.73 Å². The smallest absolute Gasteiger partial charge is 0.212 e. The minimum atomic E-state index is -3.89. The van der Waals surface area contributed by atoms with Gasteiger partial charge in [0.1, 0.15) is 16.2 Å². The molecule has 0 spiro atoms. The first-order valence-corrected chi connectivity index (χ1v) is 12.3. The molecule has 0 bridgehead atoms. The molecule has 0 saturated heterocycles. The van der Waals surface area contributed by atoms with Gasteiger partial charge in [0.2, 0.25) is 9.84 Å². The van der Waals surface area contributed by atoms with Gasteiger partial charge in [-0.2, -0.15) is 0 Å². The Balaban J connectivity index is 1.66. The van der Waals surface area contributed by atoms with Gasteiger partial charge in [0.05, 0.1) is 15.9 Å². The monoisotopic (exact) mass is 456 g/mol. The maximum absolute atomic E-state index is 13.7. The lowest BCUT2D eigenvalue weighted by Crippen LogP contribution is -2.09. The van der Waals surface area contributed by atoms with E-state index in [1.54, 1.807) is 28.8 Å². The molecule has 166 valence electrons. The van der Waals surface area contributed by atoms with Gasteiger partial charge < -0.3 is 10.3 Å². The van der Waals surface area contributed by atoms with Gasteiger partial charge in [-0.25, -0.2) is 18.4 Å². The summed E-state index contributed by atoms with van der Waals surface area (Å²) in [6, 6.07) is 24.4. The molecule has 0 unspecified atom stereocenters. The van der Waals surface area contributed by atoms with Crippen LogP contribution in [0, 0.1) is 6.92 Å². The van der Waals surface area contributed by atoms with Crippen LogP contribution in [0.1, 0.15) is 17.5 Å². The van der Waals surface area contributed by atoms with Crippen LogP contribution in [-0.4, -0.2) is 23.0 Å². The fourth-order valence-electron chi connectivity index (χ4n) is 4.10. The molecule has 0 aliphatic rings. The van der Waals surface area contributed by atoms with Gasteiger partial charge >= 0.3 is 0 Å². The zero-order valence-corrected chi connectivity index (χ0v) is 19.1. The second kappa shape index (κ2) is 8.33. The van der Waals surface area contributed by atoms with Crippen molar-refractivity contribution in [1.82, 2.24) is 14.5 Å². The number of anilines is 1. The van der Waals surface area contributed by atoms with Crippen LogP contribution in [0.2, 0.25) is 0 Å². The molecule has 5 rings (SSSR count). The molecule has 6 nitrogen and oxygen atoms in total. The van der Waals surface area contributed by atoms with Crippen LogP contribution in [-0.2, 0) is 22.8 Å². The third kappa shape index (κ3) is 3.85. The summed E-state index contributed by atoms with van der Waals surface area (Å²) in [6.07, 6.45) is 1.64. The molecule has 0 aliphatic heterocycles. The number of rotatable bonds is 6. The van der Waals surface area contributed by atoms with Gasteiger partial charge in [-0.1, -0.05) is 60.2 Å². The van der Waals surface area contributed by atoms with Gasteiger partial charge in [-0.05, 0) is 49.6 Å². The Morgan fingerprint density at radius 1 is 0.848 bits per heavy atom. The molecule has 2 aromatic heterocycles. The third-order valence-corrected chi connectivity index (χ3v) is 7.67. The third-order valence-electron chi connectivity index (χ3n) is 5.84. The fraction of sp³-hybridized carbons (Fsp3) is 0.154. The SMILES string of the molecule is Cc1ccc(S(=O)(=O)c2c(N)n(CCCc3ccccc3)c3nc4ccccc4nc23)cc1. The number of nitrogens with two attached hydrogens (primary N) is 1. The summed E-state index contributed by atoms with van der Waals surface area (Å²) >= 11 is 0. The number of hydrogen-bond acceptors (Lipinski definition) is 5. The normalized spacial score (nSPS) is 11.9. The molecule has 0 radical (unpaired) electrons. The average Bonchev–Trinajstić information content (AvgIpc) is 3.09. The Bertz CT molecular complexity index is 1560. The summed E-state index contributed by atoms with van der Waals surface area (Å²) in [4.78, 5) is 9.67. The number of nitrogen functional groups attached to an aromatic ring is 1. The Labute approximate surface area is 192 Å². The second-order valence-corrected chi connectivity index (χ2v) is 10.0. The number of sulfone groups is 1. The van der Waals surface area contributed by atoms with E-state index in [0.29, 0.717) is 28.7 Å². The lowest BCUT2D eigenvalue weighted by Gasteiger charge is -2.09. The first-order chi connectivity index (χ1) is 15.9. The van der Waals surface area contributed by atoms with E-state index in [0.717, 1.165) is 18.4 Å². The van der Waals surface area contributed by atoms with Crippen molar-refractivity contribution in [2.45, 2.75) is 36.1 Å². The largest absolute Gasteiger partial charge is 0.384 e. The number of nitrogens with zero attached hydrogens (tertiary/aromatic N) is 3. The Morgan fingerprint density at radius 3 is 2.18 bits per heavy atom. The van der Waals surface area contributed by atoms with E-state index in [9.17, 15) is 8.42 Å². The van der Waals surface area contributed by atoms with Crippen molar-refractivity contribution < 1.29 is 8.42 Å². The van der Waals surface area contributed by atoms with Gasteiger partial charge in [-0.15, -0.1) is 0 Å². The average molecular weight is 457 g/mol. The Morgan fingerprint density at radius 2 is 1.48 bits per heavy atom. The molecule has 0 saturated carbocycles. The van der Waals surface area contributed by atoms with Crippen molar-refractivity contribution in [3.63, 3.8) is 0 Å². The van der Waals surface area contributed by atoms with Crippen molar-refractivity contribution in [3.8, 4) is 0 Å². The zero-order chi connectivity index (χ0) is 23.0. The highest BCUT2D eigenvalue weighted by molar-refractivity contribution is 7.92. The Kier molecular flexibility index (Phi) is 5.34. The number of benzene rings is 3. The molecular formula is C26H24N4O2S. The first kappa shape index (κ1) is 21.2. The van der Waals surface area contributed by atoms with Crippen LogP contribution in [0.4, 0.5) is 5.82 Å². The summed E-state index contributed by atoms with van der Waals surface area (Å²) in [6.45, 7) is 2.45. The van der Waals surface area contributed by atoms with Crippen molar-refractivity contribution in [2.75, 3.05) is 5.73 Å². The summed E-state index contributed by atoms with van der Waals surface area (Å²) in [5, 5.41) is 0. The molecule has 0 fully saturated rings. The van der Waals surface area contributed by atoms with Crippen LogP contribution in [0.3, 0.4) is 0 Å². The molecule has 0 amide bonds. The molecule has 7 heteroatoms. The van der Waals surface area contributed by atoms with Crippen molar-refractivity contribution in [2.24, 2.45) is 0 Å². The zero-order valence-electron chi connectivity index (χ0n) is 18.3. The van der Waals surface area contributed by atoms with Crippen molar-refractivity contribution in [1.29, 1.82) is 0 Å². The van der Waals surface area contributed by atoms with Crippen LogP contribution >= 0.6 is 0 Å². The summed E-state index contributed by atoms with van der Waals surface area (Å²) in [5.41, 5.74) is 10.9. The molecule has 0 aliphatic carbocycles. The molecule has 5 aromatic rings. The lowest BCUT2D eigenvalue weighted by atomic mass is 10.1. The molecule has 33 heavy (non-hydrogen) atoms. The van der Waals surface area contributed by atoms with Crippen molar-refractivity contribution in [3.05, 3.63) is 90.0 Å². The quantitative estimate of drug-likeness (QED) is 0.391. The second-order valence-electron chi connectivity index (χ2n) is 8.16. The van der Waals surface area contributed by atoms with E-state index in [4.69, 9.17) is 15.7 Å². The number of para-hydroxylation sites is 2. The van der Waals surface area contributed by atoms with Gasteiger partial charge in [0.15, 0.2) is 5.65 Å². The van der Waals surface area contributed by atoms with E-state index in [1.807, 2.05) is 49.4 Å². The summed E-state index contributed by atoms with van der Waals surface area (Å²) in [7, 11) is -3.89. The molecular weight excluding hydrogens is 432 g/mol. The van der Waals surface area contributed by atoms with E-state index < -0.39 is 9.84 Å². The van der Waals surface area contributed by atoms with Crippen molar-refractivity contribution >= 4 is 37.9 Å². The number of aromatic nitrogens is 3. The predicted octanol–water partition coefficient (Wildman–Crippen LogP) is 4.94. The number of aryl methyl sites for hydroxylation is 3. The fourth-order valence-corrected chi connectivity index (χ4v) is 5.61. The molecule has 3 aromatic carbocycles. The number of fused-ring (bicyclic) bond motifs is 2. The lowest BCUT2D eigenvalue weighted by molar-refractivity contribution is 0.596. The van der Waals surface area contributed by atoms with Gasteiger partial charge in [0.25, 0.3) is 0 Å². The maximum atomic E-state index is 13.7. The standard InChI is InChI=1S/C26H24N4O2S/c1-18-13-15-20(16-14-18)33(31,32)24-23-26(29-22-12-6-5-11-21(22)28-23)30(25(24)27)17-7-10-19-8-3-2-4-9-19/h2-6,8-9,11-16H,7,10,17,27H2,1H3. The predicted molar refractivity (Wildman–Crippen MR) is 131 cm³/mol. The first-order valence-electron chi connectivity index (χ1n) is 10.9. The van der Waals surface area contributed by atoms with E-state index in [-0.39, 0.29) is 15.6 Å². The highest BCUT2D eigenvalue weighted by Gasteiger charge is 2.30. The van der Waals surface area contributed by atoms with Crippen LogP contribution in [0.15, 0.2) is 88.7 Å². The molecule has 0 atom stereocenters. The highest BCUT2D eigenvalue weighted by Crippen LogP contribution is 2.35. The summed E-state index contributed by atoms with van der Waals surface area (Å²) in [5.74, 6) is 0.175. The maximum Gasteiger partial charge on any atom is 0.212 e. The number of hydrogen-bond donors (Lipinski definition) is 1.